The van der Waals surface area contributed by atoms with Crippen molar-refractivity contribution >= 4 is 27.3 Å². The van der Waals surface area contributed by atoms with Gasteiger partial charge in [0, 0.05) is 23.7 Å². The Balaban J connectivity index is 1.75. The topological polar surface area (TPSA) is 78.2 Å². The third-order valence-electron chi connectivity index (χ3n) is 4.27. The lowest BCUT2D eigenvalue weighted by molar-refractivity contribution is 0.0793. The van der Waals surface area contributed by atoms with Crippen LogP contribution in [0.25, 0.3) is 0 Å². The minimum Gasteiger partial charge on any atom is -0.337 e. The summed E-state index contributed by atoms with van der Waals surface area (Å²) in [7, 11) is -3.51. The van der Waals surface area contributed by atoms with E-state index in [4.69, 9.17) is 16.9 Å². The molecule has 1 fully saturated rings. The van der Waals surface area contributed by atoms with Crippen LogP contribution in [0.3, 0.4) is 0 Å². The Labute approximate surface area is 151 Å². The summed E-state index contributed by atoms with van der Waals surface area (Å²) in [5.74, 6) is -0.224. The molecule has 25 heavy (non-hydrogen) atoms. The highest BCUT2D eigenvalue weighted by Crippen LogP contribution is 2.26. The van der Waals surface area contributed by atoms with Crippen molar-refractivity contribution in [2.75, 3.05) is 13.1 Å². The molecule has 0 aliphatic carbocycles. The first-order valence-corrected chi connectivity index (χ1v) is 9.63. The standard InChI is InChI=1S/C18H15ClN2O3S/c19-15-5-7-16(8-6-15)25(23,24)17-9-10-21(12-17)18(22)14-3-1-13(11-20)2-4-14/h1-8,17H,9-10,12H2. The largest absolute Gasteiger partial charge is 0.337 e. The number of sulfone groups is 1. The van der Waals surface area contributed by atoms with Crippen LogP contribution in [0.1, 0.15) is 22.3 Å². The molecule has 7 heteroatoms. The Morgan fingerprint density at radius 1 is 1.12 bits per heavy atom. The number of rotatable bonds is 3. The molecule has 2 aromatic carbocycles. The smallest absolute Gasteiger partial charge is 0.253 e. The molecule has 1 unspecified atom stereocenters. The molecular formula is C18H15ClN2O3S. The number of halogens is 1. The first-order valence-electron chi connectivity index (χ1n) is 7.71. The quantitative estimate of drug-likeness (QED) is 0.827. The molecule has 0 saturated carbocycles. The van der Waals surface area contributed by atoms with Gasteiger partial charge in [0.15, 0.2) is 9.84 Å². The van der Waals surface area contributed by atoms with E-state index in [2.05, 4.69) is 0 Å². The molecule has 1 atom stereocenters. The van der Waals surface area contributed by atoms with Crippen molar-refractivity contribution < 1.29 is 13.2 Å². The van der Waals surface area contributed by atoms with Crippen molar-refractivity contribution in [1.82, 2.24) is 4.90 Å². The maximum Gasteiger partial charge on any atom is 0.253 e. The maximum atomic E-state index is 12.7. The van der Waals surface area contributed by atoms with Crippen LogP contribution in [0.5, 0.6) is 0 Å². The number of likely N-dealkylation sites (tertiary alicyclic amines) is 1. The Kier molecular flexibility index (Phi) is 4.80. The van der Waals surface area contributed by atoms with E-state index in [0.29, 0.717) is 29.1 Å². The van der Waals surface area contributed by atoms with Crippen molar-refractivity contribution in [3.05, 3.63) is 64.7 Å². The first kappa shape index (κ1) is 17.5. The molecule has 0 N–H and O–H groups in total. The SMILES string of the molecule is N#Cc1ccc(C(=O)N2CCC(S(=O)(=O)c3ccc(Cl)cc3)C2)cc1. The average molecular weight is 375 g/mol. The van der Waals surface area contributed by atoms with Crippen molar-refractivity contribution in [3.63, 3.8) is 0 Å². The van der Waals surface area contributed by atoms with E-state index in [1.807, 2.05) is 6.07 Å². The van der Waals surface area contributed by atoms with Crippen LogP contribution in [0, 0.1) is 11.3 Å². The maximum absolute atomic E-state index is 12.7. The van der Waals surface area contributed by atoms with Gasteiger partial charge in [-0.15, -0.1) is 0 Å². The molecule has 0 spiro atoms. The van der Waals surface area contributed by atoms with Gasteiger partial charge in [-0.05, 0) is 55.0 Å². The number of hydrogen-bond acceptors (Lipinski definition) is 4. The van der Waals surface area contributed by atoms with Crippen LogP contribution in [-0.4, -0.2) is 37.6 Å². The number of carbonyl (C=O) groups is 1. The minimum absolute atomic E-state index is 0.157. The molecule has 3 rings (SSSR count). The average Bonchev–Trinajstić information content (AvgIpc) is 3.12. The van der Waals surface area contributed by atoms with E-state index >= 15 is 0 Å². The summed E-state index contributed by atoms with van der Waals surface area (Å²) >= 11 is 5.81. The fourth-order valence-corrected chi connectivity index (χ4v) is 4.67. The van der Waals surface area contributed by atoms with Gasteiger partial charge in [-0.25, -0.2) is 8.42 Å². The third kappa shape index (κ3) is 3.53. The Morgan fingerprint density at radius 3 is 2.36 bits per heavy atom. The second kappa shape index (κ2) is 6.87. The van der Waals surface area contributed by atoms with Gasteiger partial charge >= 0.3 is 0 Å². The van der Waals surface area contributed by atoms with Crippen molar-refractivity contribution in [1.29, 1.82) is 5.26 Å². The summed E-state index contributed by atoms with van der Waals surface area (Å²) in [6.07, 6.45) is 0.396. The molecule has 1 aliphatic heterocycles. The highest BCUT2D eigenvalue weighted by molar-refractivity contribution is 7.92. The van der Waals surface area contributed by atoms with E-state index in [0.717, 1.165) is 0 Å². The number of nitriles is 1. The third-order valence-corrected chi connectivity index (χ3v) is 6.72. The van der Waals surface area contributed by atoms with E-state index in [-0.39, 0.29) is 17.3 Å². The molecule has 5 nitrogen and oxygen atoms in total. The Morgan fingerprint density at radius 2 is 1.76 bits per heavy atom. The van der Waals surface area contributed by atoms with Gasteiger partial charge in [-0.2, -0.15) is 5.26 Å². The predicted octanol–water partition coefficient (Wildman–Crippen LogP) is 2.90. The number of amides is 1. The lowest BCUT2D eigenvalue weighted by Crippen LogP contribution is -2.31. The summed E-state index contributed by atoms with van der Waals surface area (Å²) in [5, 5.41) is 8.65. The van der Waals surface area contributed by atoms with Gasteiger partial charge < -0.3 is 4.90 Å². The number of hydrogen-bond donors (Lipinski definition) is 0. The van der Waals surface area contributed by atoms with Crippen molar-refractivity contribution in [2.45, 2.75) is 16.6 Å². The van der Waals surface area contributed by atoms with Crippen LogP contribution in [-0.2, 0) is 9.84 Å². The second-order valence-electron chi connectivity index (χ2n) is 5.85. The second-order valence-corrected chi connectivity index (χ2v) is 8.51. The highest BCUT2D eigenvalue weighted by Gasteiger charge is 2.36. The number of benzene rings is 2. The molecule has 2 aromatic rings. The van der Waals surface area contributed by atoms with E-state index < -0.39 is 15.1 Å². The van der Waals surface area contributed by atoms with Gasteiger partial charge in [0.2, 0.25) is 0 Å². The van der Waals surface area contributed by atoms with Gasteiger partial charge in [0.1, 0.15) is 0 Å². The fraction of sp³-hybridized carbons (Fsp3) is 0.222. The van der Waals surface area contributed by atoms with Crippen LogP contribution >= 0.6 is 11.6 Å². The molecule has 1 aliphatic rings. The lowest BCUT2D eigenvalue weighted by Gasteiger charge is -2.17. The highest BCUT2D eigenvalue weighted by atomic mass is 35.5. The molecular weight excluding hydrogens is 360 g/mol. The van der Waals surface area contributed by atoms with Gasteiger partial charge in [0.05, 0.1) is 21.8 Å². The summed E-state index contributed by atoms with van der Waals surface area (Å²) in [6.45, 7) is 0.542. The Bertz CT molecular complexity index is 932. The van der Waals surface area contributed by atoms with Crippen LogP contribution in [0.2, 0.25) is 5.02 Å². The molecule has 1 heterocycles. The molecule has 1 amide bonds. The van der Waals surface area contributed by atoms with Crippen molar-refractivity contribution in [2.24, 2.45) is 0 Å². The van der Waals surface area contributed by atoms with Crippen LogP contribution < -0.4 is 0 Å². The number of nitrogens with zero attached hydrogens (tertiary/aromatic N) is 2. The van der Waals surface area contributed by atoms with Crippen molar-refractivity contribution in [3.8, 4) is 6.07 Å². The van der Waals surface area contributed by atoms with E-state index in [9.17, 15) is 13.2 Å². The summed E-state index contributed by atoms with van der Waals surface area (Å²) in [5.41, 5.74) is 0.921. The molecule has 0 radical (unpaired) electrons. The zero-order valence-corrected chi connectivity index (χ0v) is 14.8. The zero-order chi connectivity index (χ0) is 18.0. The van der Waals surface area contributed by atoms with Gasteiger partial charge in [-0.1, -0.05) is 11.6 Å². The minimum atomic E-state index is -3.51. The summed E-state index contributed by atoms with van der Waals surface area (Å²) in [6, 6.07) is 14.4. The molecule has 0 bridgehead atoms. The Hall–Kier alpha value is -2.36. The monoisotopic (exact) mass is 374 g/mol. The van der Waals surface area contributed by atoms with Crippen LogP contribution in [0.4, 0.5) is 0 Å². The molecule has 0 aromatic heterocycles. The van der Waals surface area contributed by atoms with E-state index in [1.54, 1.807) is 41.3 Å². The lowest BCUT2D eigenvalue weighted by atomic mass is 10.1. The van der Waals surface area contributed by atoms with Gasteiger partial charge in [-0.3, -0.25) is 4.79 Å². The van der Waals surface area contributed by atoms with Crippen LogP contribution in [0.15, 0.2) is 53.4 Å². The predicted molar refractivity (Wildman–Crippen MR) is 94.1 cm³/mol. The summed E-state index contributed by atoms with van der Waals surface area (Å²) in [4.78, 5) is 14.3. The normalized spacial score (nSPS) is 17.3. The van der Waals surface area contributed by atoms with E-state index in [1.165, 1.54) is 12.1 Å². The number of carbonyl (C=O) groups excluding carboxylic acids is 1. The van der Waals surface area contributed by atoms with Gasteiger partial charge in [0.25, 0.3) is 5.91 Å². The molecule has 128 valence electrons. The summed E-state index contributed by atoms with van der Waals surface area (Å²) < 4.78 is 25.4. The zero-order valence-electron chi connectivity index (χ0n) is 13.2. The molecule has 1 saturated heterocycles. The fourth-order valence-electron chi connectivity index (χ4n) is 2.85. The first-order chi connectivity index (χ1) is 11.9.